The summed E-state index contributed by atoms with van der Waals surface area (Å²) in [5.41, 5.74) is 7.46. The molecule has 0 fully saturated rings. The lowest BCUT2D eigenvalue weighted by Gasteiger charge is -2.20. The van der Waals surface area contributed by atoms with E-state index in [4.69, 9.17) is 5.73 Å². The van der Waals surface area contributed by atoms with E-state index in [2.05, 4.69) is 18.8 Å². The van der Waals surface area contributed by atoms with Crippen LogP contribution in [0.15, 0.2) is 18.5 Å². The third-order valence-electron chi connectivity index (χ3n) is 2.96. The molecule has 1 aromatic heterocycles. The third kappa shape index (κ3) is 3.20. The molecule has 0 saturated heterocycles. The number of nitrogen functional groups attached to an aromatic ring is 1. The monoisotopic (exact) mass is 208 g/mol. The lowest BCUT2D eigenvalue weighted by molar-refractivity contribution is 0.103. The van der Waals surface area contributed by atoms with Crippen molar-refractivity contribution in [2.24, 2.45) is 5.92 Å². The topological polar surface area (TPSA) is 59.1 Å². The second kappa shape index (κ2) is 5.71. The molecule has 15 heavy (non-hydrogen) atoms. The number of hydrogen-bond acceptors (Lipinski definition) is 3. The molecule has 1 atom stereocenters. The van der Waals surface area contributed by atoms with Gasteiger partial charge >= 0.3 is 0 Å². The van der Waals surface area contributed by atoms with Crippen LogP contribution in [0.4, 0.5) is 5.69 Å². The van der Waals surface area contributed by atoms with Crippen LogP contribution in [0.1, 0.15) is 32.3 Å². The Bertz CT molecular complexity index is 297. The molecule has 3 N–H and O–H groups in total. The molecule has 0 aliphatic carbocycles. The number of rotatable bonds is 5. The van der Waals surface area contributed by atoms with Crippen LogP contribution in [-0.2, 0) is 6.42 Å². The maximum atomic E-state index is 10.0. The van der Waals surface area contributed by atoms with Crippen LogP contribution in [0, 0.1) is 5.92 Å². The van der Waals surface area contributed by atoms with E-state index < -0.39 is 0 Å². The fourth-order valence-electron chi connectivity index (χ4n) is 1.83. The SMILES string of the molecule is CCC(CC)C(O)Cc1cnccc1N. The Labute approximate surface area is 91.3 Å². The molecule has 0 spiro atoms. The highest BCUT2D eigenvalue weighted by molar-refractivity contribution is 5.44. The first-order valence-corrected chi connectivity index (χ1v) is 5.55. The van der Waals surface area contributed by atoms with Gasteiger partial charge in [0.2, 0.25) is 0 Å². The lowest BCUT2D eigenvalue weighted by atomic mass is 9.92. The number of hydrogen-bond donors (Lipinski definition) is 2. The Morgan fingerprint density at radius 3 is 2.60 bits per heavy atom. The predicted octanol–water partition coefficient (Wildman–Crippen LogP) is 2.00. The van der Waals surface area contributed by atoms with Crippen molar-refractivity contribution >= 4 is 5.69 Å². The van der Waals surface area contributed by atoms with Crippen molar-refractivity contribution in [3.05, 3.63) is 24.0 Å². The molecule has 3 heteroatoms. The van der Waals surface area contributed by atoms with E-state index in [1.54, 1.807) is 18.5 Å². The molecule has 3 nitrogen and oxygen atoms in total. The third-order valence-corrected chi connectivity index (χ3v) is 2.96. The van der Waals surface area contributed by atoms with Crippen molar-refractivity contribution in [2.45, 2.75) is 39.2 Å². The van der Waals surface area contributed by atoms with Gasteiger partial charge in [0, 0.05) is 24.5 Å². The summed E-state index contributed by atoms with van der Waals surface area (Å²) >= 11 is 0. The molecule has 0 bridgehead atoms. The van der Waals surface area contributed by atoms with Gasteiger partial charge in [-0.1, -0.05) is 26.7 Å². The summed E-state index contributed by atoms with van der Waals surface area (Å²) in [6.07, 6.45) is 5.69. The number of aromatic nitrogens is 1. The Kier molecular flexibility index (Phi) is 4.56. The quantitative estimate of drug-likeness (QED) is 0.778. The number of aliphatic hydroxyl groups is 1. The average molecular weight is 208 g/mol. The predicted molar refractivity (Wildman–Crippen MR) is 62.4 cm³/mol. The highest BCUT2D eigenvalue weighted by Crippen LogP contribution is 2.19. The number of nitrogens with zero attached hydrogens (tertiary/aromatic N) is 1. The number of pyridine rings is 1. The van der Waals surface area contributed by atoms with Crippen LogP contribution in [0.3, 0.4) is 0 Å². The fraction of sp³-hybridized carbons (Fsp3) is 0.583. The molecule has 0 aliphatic rings. The zero-order chi connectivity index (χ0) is 11.3. The van der Waals surface area contributed by atoms with Crippen LogP contribution in [0.5, 0.6) is 0 Å². The van der Waals surface area contributed by atoms with Crippen LogP contribution >= 0.6 is 0 Å². The van der Waals surface area contributed by atoms with E-state index in [-0.39, 0.29) is 6.10 Å². The molecule has 0 radical (unpaired) electrons. The number of nitrogens with two attached hydrogens (primary N) is 1. The molecule has 1 unspecified atom stereocenters. The molecule has 84 valence electrons. The van der Waals surface area contributed by atoms with Crippen molar-refractivity contribution in [3.8, 4) is 0 Å². The van der Waals surface area contributed by atoms with Crippen LogP contribution in [0.25, 0.3) is 0 Å². The molecule has 1 rings (SSSR count). The van der Waals surface area contributed by atoms with E-state index in [9.17, 15) is 5.11 Å². The van der Waals surface area contributed by atoms with E-state index in [1.807, 2.05) is 0 Å². The maximum absolute atomic E-state index is 10.0. The van der Waals surface area contributed by atoms with Crippen LogP contribution < -0.4 is 5.73 Å². The maximum Gasteiger partial charge on any atom is 0.0609 e. The summed E-state index contributed by atoms with van der Waals surface area (Å²) in [6.45, 7) is 4.20. The van der Waals surface area contributed by atoms with Gasteiger partial charge in [0.15, 0.2) is 0 Å². The summed E-state index contributed by atoms with van der Waals surface area (Å²) in [4.78, 5) is 4.02. The van der Waals surface area contributed by atoms with E-state index in [0.717, 1.165) is 24.1 Å². The Balaban J connectivity index is 2.65. The standard InChI is InChI=1S/C12H20N2O/c1-3-9(4-2)12(15)7-10-8-14-6-5-11(10)13/h5-6,8-9,12,15H,3-4,7H2,1-2H3,(H2,13,14). The molecule has 0 saturated carbocycles. The summed E-state index contributed by atoms with van der Waals surface area (Å²) in [5, 5.41) is 10.0. The molecule has 0 aromatic carbocycles. The Hall–Kier alpha value is -1.09. The van der Waals surface area contributed by atoms with Crippen molar-refractivity contribution in [3.63, 3.8) is 0 Å². The minimum Gasteiger partial charge on any atom is -0.398 e. The van der Waals surface area contributed by atoms with E-state index in [1.165, 1.54) is 0 Å². The van der Waals surface area contributed by atoms with E-state index in [0.29, 0.717) is 12.3 Å². The summed E-state index contributed by atoms with van der Waals surface area (Å²) in [5.74, 6) is 0.351. The minimum atomic E-state index is -0.313. The first kappa shape index (κ1) is 12.0. The molecular formula is C12H20N2O. The lowest BCUT2D eigenvalue weighted by Crippen LogP contribution is -2.22. The van der Waals surface area contributed by atoms with E-state index >= 15 is 0 Å². The zero-order valence-electron chi connectivity index (χ0n) is 9.48. The van der Waals surface area contributed by atoms with Gasteiger partial charge in [0.1, 0.15) is 0 Å². The molecule has 0 amide bonds. The van der Waals surface area contributed by atoms with Gasteiger partial charge in [-0.05, 0) is 17.5 Å². The zero-order valence-corrected chi connectivity index (χ0v) is 9.48. The Morgan fingerprint density at radius 1 is 1.40 bits per heavy atom. The Morgan fingerprint density at radius 2 is 2.07 bits per heavy atom. The van der Waals surface area contributed by atoms with Gasteiger partial charge in [0.05, 0.1) is 6.10 Å². The number of aliphatic hydroxyl groups excluding tert-OH is 1. The highest BCUT2D eigenvalue weighted by Gasteiger charge is 2.16. The fourth-order valence-corrected chi connectivity index (χ4v) is 1.83. The molecule has 1 aromatic rings. The van der Waals surface area contributed by atoms with Gasteiger partial charge in [-0.3, -0.25) is 4.98 Å². The second-order valence-electron chi connectivity index (χ2n) is 3.92. The minimum absolute atomic E-state index is 0.313. The normalized spacial score (nSPS) is 13.1. The summed E-state index contributed by atoms with van der Waals surface area (Å²) < 4.78 is 0. The molecule has 0 aliphatic heterocycles. The smallest absolute Gasteiger partial charge is 0.0609 e. The van der Waals surface area contributed by atoms with Gasteiger partial charge in [-0.2, -0.15) is 0 Å². The highest BCUT2D eigenvalue weighted by atomic mass is 16.3. The van der Waals surface area contributed by atoms with Gasteiger partial charge in [-0.15, -0.1) is 0 Å². The van der Waals surface area contributed by atoms with Gasteiger partial charge in [0.25, 0.3) is 0 Å². The van der Waals surface area contributed by atoms with Crippen molar-refractivity contribution in [1.82, 2.24) is 4.98 Å². The number of anilines is 1. The van der Waals surface area contributed by atoms with Crippen LogP contribution in [-0.4, -0.2) is 16.2 Å². The van der Waals surface area contributed by atoms with Crippen LogP contribution in [0.2, 0.25) is 0 Å². The summed E-state index contributed by atoms with van der Waals surface area (Å²) in [7, 11) is 0. The van der Waals surface area contributed by atoms with Crippen molar-refractivity contribution in [1.29, 1.82) is 0 Å². The average Bonchev–Trinajstić information content (AvgIpc) is 2.23. The first-order chi connectivity index (χ1) is 7.19. The van der Waals surface area contributed by atoms with Crippen molar-refractivity contribution in [2.75, 3.05) is 5.73 Å². The largest absolute Gasteiger partial charge is 0.398 e. The van der Waals surface area contributed by atoms with Gasteiger partial charge < -0.3 is 10.8 Å². The first-order valence-electron chi connectivity index (χ1n) is 5.55. The molecular weight excluding hydrogens is 188 g/mol. The summed E-state index contributed by atoms with van der Waals surface area (Å²) in [6, 6.07) is 1.77. The second-order valence-corrected chi connectivity index (χ2v) is 3.92. The van der Waals surface area contributed by atoms with Gasteiger partial charge in [-0.25, -0.2) is 0 Å². The van der Waals surface area contributed by atoms with Crippen molar-refractivity contribution < 1.29 is 5.11 Å². The molecule has 1 heterocycles.